The number of imidazole rings is 1. The minimum atomic E-state index is 0.450. The molecule has 27 heavy (non-hydrogen) atoms. The van der Waals surface area contributed by atoms with Crippen molar-refractivity contribution in [1.29, 1.82) is 0 Å². The van der Waals surface area contributed by atoms with Gasteiger partial charge in [-0.15, -0.1) is 11.3 Å². The van der Waals surface area contributed by atoms with Gasteiger partial charge in [0.05, 0.1) is 21.6 Å². The van der Waals surface area contributed by atoms with Crippen LogP contribution in [0.3, 0.4) is 0 Å². The fourth-order valence-corrected chi connectivity index (χ4v) is 4.81. The predicted octanol–water partition coefficient (Wildman–Crippen LogP) is 5.90. The van der Waals surface area contributed by atoms with Crippen LogP contribution >= 0.6 is 11.3 Å². The van der Waals surface area contributed by atoms with Crippen LogP contribution in [0.1, 0.15) is 47.8 Å². The van der Waals surface area contributed by atoms with E-state index in [1.807, 2.05) is 19.3 Å². The summed E-state index contributed by atoms with van der Waals surface area (Å²) in [7, 11) is 0. The Bertz CT molecular complexity index is 1150. The normalized spacial score (nSPS) is 11.7. The van der Waals surface area contributed by atoms with Gasteiger partial charge in [-0.25, -0.2) is 15.0 Å². The number of hydrogen-bond donors (Lipinski definition) is 0. The first-order valence-corrected chi connectivity index (χ1v) is 10.1. The van der Waals surface area contributed by atoms with E-state index in [1.54, 1.807) is 17.7 Å². The number of aromatic nitrogens is 4. The van der Waals surface area contributed by atoms with E-state index in [0.717, 1.165) is 22.7 Å². The Morgan fingerprint density at radius 2 is 1.74 bits per heavy atom. The summed E-state index contributed by atoms with van der Waals surface area (Å²) in [6.45, 7) is 13.0. The number of nitrogens with zero attached hydrogens (tertiary/aromatic N) is 4. The van der Waals surface area contributed by atoms with Crippen molar-refractivity contribution in [3.63, 3.8) is 0 Å². The fourth-order valence-electron chi connectivity index (χ4n) is 3.63. The monoisotopic (exact) mass is 376 g/mol. The van der Waals surface area contributed by atoms with Gasteiger partial charge < -0.3 is 4.57 Å². The lowest BCUT2D eigenvalue weighted by Crippen LogP contribution is -2.03. The van der Waals surface area contributed by atoms with E-state index in [2.05, 4.69) is 60.6 Å². The number of fused-ring (bicyclic) bond motifs is 1. The van der Waals surface area contributed by atoms with E-state index in [1.165, 1.54) is 32.5 Å². The van der Waals surface area contributed by atoms with Gasteiger partial charge in [-0.2, -0.15) is 0 Å². The molecule has 0 aliphatic heterocycles. The van der Waals surface area contributed by atoms with Crippen LogP contribution in [-0.2, 0) is 0 Å². The summed E-state index contributed by atoms with van der Waals surface area (Å²) in [5.74, 6) is 1.44. The second kappa shape index (κ2) is 6.57. The quantitative estimate of drug-likeness (QED) is 0.447. The smallest absolute Gasteiger partial charge is 0.116 e. The Kier molecular flexibility index (Phi) is 4.35. The summed E-state index contributed by atoms with van der Waals surface area (Å²) in [5.41, 5.74) is 9.58. The molecule has 0 spiro atoms. The number of aryl methyl sites for hydroxylation is 1. The van der Waals surface area contributed by atoms with Crippen LogP contribution in [0.4, 0.5) is 0 Å². The van der Waals surface area contributed by atoms with Gasteiger partial charge in [-0.1, -0.05) is 13.8 Å². The van der Waals surface area contributed by atoms with Gasteiger partial charge in [0.15, 0.2) is 0 Å². The molecular weight excluding hydrogens is 352 g/mol. The first-order valence-electron chi connectivity index (χ1n) is 9.23. The van der Waals surface area contributed by atoms with Gasteiger partial charge in [-0.3, -0.25) is 0 Å². The molecule has 5 heteroatoms. The van der Waals surface area contributed by atoms with Crippen molar-refractivity contribution in [2.45, 2.75) is 47.5 Å². The van der Waals surface area contributed by atoms with Crippen molar-refractivity contribution in [1.82, 2.24) is 19.5 Å². The molecule has 4 aromatic rings. The summed E-state index contributed by atoms with van der Waals surface area (Å²) < 4.78 is 3.32. The highest BCUT2D eigenvalue weighted by Crippen LogP contribution is 2.38. The standard InChI is InChI=1S/C22H24N4S/c1-12(2)18-10-27-22-20(24-11-25-21(18)22)17-9-19(15(5)13(3)14(17)4)26-8-7-23-16(26)6/h7-12H,1-6H3. The lowest BCUT2D eigenvalue weighted by Gasteiger charge is -2.18. The molecule has 0 atom stereocenters. The third-order valence-corrected chi connectivity index (χ3v) is 6.53. The van der Waals surface area contributed by atoms with Crippen molar-refractivity contribution in [2.24, 2.45) is 0 Å². The van der Waals surface area contributed by atoms with E-state index in [4.69, 9.17) is 4.98 Å². The van der Waals surface area contributed by atoms with Crippen LogP contribution in [-0.4, -0.2) is 19.5 Å². The molecule has 1 aromatic carbocycles. The van der Waals surface area contributed by atoms with Gasteiger partial charge in [0.2, 0.25) is 0 Å². The number of rotatable bonds is 3. The summed E-state index contributed by atoms with van der Waals surface area (Å²) in [5, 5.41) is 2.23. The average molecular weight is 377 g/mol. The van der Waals surface area contributed by atoms with E-state index in [0.29, 0.717) is 5.92 Å². The Hall–Kier alpha value is -2.53. The number of thiophene rings is 1. The first kappa shape index (κ1) is 17.9. The summed E-state index contributed by atoms with van der Waals surface area (Å²) in [4.78, 5) is 13.7. The van der Waals surface area contributed by atoms with Crippen molar-refractivity contribution in [3.05, 3.63) is 58.2 Å². The topological polar surface area (TPSA) is 43.6 Å². The largest absolute Gasteiger partial charge is 0.304 e. The number of hydrogen-bond acceptors (Lipinski definition) is 4. The van der Waals surface area contributed by atoms with Crippen molar-refractivity contribution in [3.8, 4) is 16.9 Å². The maximum atomic E-state index is 4.70. The predicted molar refractivity (Wildman–Crippen MR) is 113 cm³/mol. The average Bonchev–Trinajstić information content (AvgIpc) is 3.26. The minimum absolute atomic E-state index is 0.450. The summed E-state index contributed by atoms with van der Waals surface area (Å²) in [6.07, 6.45) is 5.57. The van der Waals surface area contributed by atoms with Crippen LogP contribution in [0.25, 0.3) is 27.2 Å². The molecule has 3 heterocycles. The van der Waals surface area contributed by atoms with Crippen molar-refractivity contribution < 1.29 is 0 Å². The maximum Gasteiger partial charge on any atom is 0.116 e. The molecule has 138 valence electrons. The highest BCUT2D eigenvalue weighted by Gasteiger charge is 2.19. The minimum Gasteiger partial charge on any atom is -0.304 e. The van der Waals surface area contributed by atoms with Crippen LogP contribution < -0.4 is 0 Å². The van der Waals surface area contributed by atoms with E-state index in [-0.39, 0.29) is 0 Å². The van der Waals surface area contributed by atoms with E-state index < -0.39 is 0 Å². The molecule has 0 radical (unpaired) electrons. The maximum absolute atomic E-state index is 4.70. The third-order valence-electron chi connectivity index (χ3n) is 5.54. The molecule has 0 saturated heterocycles. The molecule has 0 saturated carbocycles. The van der Waals surface area contributed by atoms with Gasteiger partial charge in [0.1, 0.15) is 12.2 Å². The first-order chi connectivity index (χ1) is 12.9. The lowest BCUT2D eigenvalue weighted by atomic mass is 9.94. The number of benzene rings is 1. The summed E-state index contributed by atoms with van der Waals surface area (Å²) >= 11 is 1.74. The van der Waals surface area contributed by atoms with Crippen molar-refractivity contribution >= 4 is 21.6 Å². The third kappa shape index (κ3) is 2.77. The SMILES string of the molecule is Cc1c(-c2ncnc3c(C(C)C)csc23)cc(-n2ccnc2C)c(C)c1C. The van der Waals surface area contributed by atoms with Gasteiger partial charge in [0, 0.05) is 18.0 Å². The van der Waals surface area contributed by atoms with Gasteiger partial charge >= 0.3 is 0 Å². The Balaban J connectivity index is 2.02. The molecule has 0 aliphatic carbocycles. The van der Waals surface area contributed by atoms with Crippen LogP contribution in [0.2, 0.25) is 0 Å². The van der Waals surface area contributed by atoms with Gasteiger partial charge in [0.25, 0.3) is 0 Å². The zero-order valence-corrected chi connectivity index (χ0v) is 17.5. The lowest BCUT2D eigenvalue weighted by molar-refractivity contribution is 0.876. The molecule has 3 aromatic heterocycles. The zero-order chi connectivity index (χ0) is 19.3. The van der Waals surface area contributed by atoms with Crippen molar-refractivity contribution in [2.75, 3.05) is 0 Å². The van der Waals surface area contributed by atoms with Crippen LogP contribution in [0, 0.1) is 27.7 Å². The molecule has 4 rings (SSSR count). The molecular formula is C22H24N4S. The molecule has 0 bridgehead atoms. The Labute approximate surface area is 164 Å². The molecule has 0 fully saturated rings. The van der Waals surface area contributed by atoms with Gasteiger partial charge in [-0.05, 0) is 67.3 Å². The fraction of sp³-hybridized carbons (Fsp3) is 0.318. The summed E-state index contributed by atoms with van der Waals surface area (Å²) in [6, 6.07) is 2.25. The highest BCUT2D eigenvalue weighted by atomic mass is 32.1. The molecule has 0 amide bonds. The Morgan fingerprint density at radius 1 is 0.963 bits per heavy atom. The second-order valence-electron chi connectivity index (χ2n) is 7.41. The molecule has 0 aliphatic rings. The van der Waals surface area contributed by atoms with Crippen LogP contribution in [0.15, 0.2) is 30.2 Å². The van der Waals surface area contributed by atoms with Crippen LogP contribution in [0.5, 0.6) is 0 Å². The van der Waals surface area contributed by atoms with E-state index >= 15 is 0 Å². The molecule has 0 N–H and O–H groups in total. The zero-order valence-electron chi connectivity index (χ0n) is 16.7. The highest BCUT2D eigenvalue weighted by molar-refractivity contribution is 7.17. The second-order valence-corrected chi connectivity index (χ2v) is 8.29. The Morgan fingerprint density at radius 3 is 2.41 bits per heavy atom. The van der Waals surface area contributed by atoms with E-state index in [9.17, 15) is 0 Å². The molecule has 0 unspecified atom stereocenters. The molecule has 4 nitrogen and oxygen atoms in total.